The van der Waals surface area contributed by atoms with Crippen molar-refractivity contribution in [1.29, 1.82) is 0 Å². The number of hydrogen-bond donors (Lipinski definition) is 1. The molecule has 82 valence electrons. The lowest BCUT2D eigenvalue weighted by Gasteiger charge is -2.09. The molecule has 0 amide bonds. The molecule has 4 heteroatoms. The number of ether oxygens (including phenoxy) is 1. The molecule has 16 heavy (non-hydrogen) atoms. The largest absolute Gasteiger partial charge is 0.454 e. The van der Waals surface area contributed by atoms with E-state index in [0.29, 0.717) is 11.4 Å². The summed E-state index contributed by atoms with van der Waals surface area (Å²) in [6.07, 6.45) is 0. The van der Waals surface area contributed by atoms with Gasteiger partial charge in [0.1, 0.15) is 11.5 Å². The molecule has 0 heterocycles. The van der Waals surface area contributed by atoms with Crippen molar-refractivity contribution in [2.75, 3.05) is 5.73 Å². The normalized spacial score (nSPS) is 10.1. The van der Waals surface area contributed by atoms with Crippen molar-refractivity contribution in [2.24, 2.45) is 0 Å². The predicted molar refractivity (Wildman–Crippen MR) is 77.8 cm³/mol. The van der Waals surface area contributed by atoms with E-state index in [2.05, 4.69) is 38.5 Å². The van der Waals surface area contributed by atoms with Crippen LogP contribution < -0.4 is 10.5 Å². The van der Waals surface area contributed by atoms with Gasteiger partial charge in [-0.05, 0) is 68.9 Å². The Morgan fingerprint density at radius 2 is 1.81 bits per heavy atom. The van der Waals surface area contributed by atoms with Crippen LogP contribution in [0, 0.1) is 3.57 Å². The van der Waals surface area contributed by atoms with Crippen molar-refractivity contribution in [1.82, 2.24) is 0 Å². The Bertz CT molecular complexity index is 516. The smallest absolute Gasteiger partial charge is 0.150 e. The fraction of sp³-hybridized carbons (Fsp3) is 0. The van der Waals surface area contributed by atoms with E-state index in [1.807, 2.05) is 42.5 Å². The van der Waals surface area contributed by atoms with Gasteiger partial charge < -0.3 is 10.5 Å². The van der Waals surface area contributed by atoms with Gasteiger partial charge in [-0.2, -0.15) is 0 Å². The minimum Gasteiger partial charge on any atom is -0.454 e. The van der Waals surface area contributed by atoms with Crippen molar-refractivity contribution in [3.05, 3.63) is 50.5 Å². The highest BCUT2D eigenvalue weighted by molar-refractivity contribution is 14.1. The standard InChI is InChI=1S/C12H9BrINO/c13-9-3-1-2-4-11(9)16-12-6-5-8(14)7-10(12)15/h1-7H,15H2. The van der Waals surface area contributed by atoms with Crippen LogP contribution in [-0.4, -0.2) is 0 Å². The molecule has 0 aliphatic heterocycles. The van der Waals surface area contributed by atoms with Crippen LogP contribution in [0.1, 0.15) is 0 Å². The summed E-state index contributed by atoms with van der Waals surface area (Å²) in [5.74, 6) is 1.43. The second kappa shape index (κ2) is 5.05. The summed E-state index contributed by atoms with van der Waals surface area (Å²) in [7, 11) is 0. The van der Waals surface area contributed by atoms with E-state index in [1.54, 1.807) is 0 Å². The SMILES string of the molecule is Nc1cc(I)ccc1Oc1ccccc1Br. The molecule has 0 aliphatic rings. The maximum absolute atomic E-state index is 5.87. The van der Waals surface area contributed by atoms with Crippen LogP contribution in [-0.2, 0) is 0 Å². The van der Waals surface area contributed by atoms with Crippen molar-refractivity contribution >= 4 is 44.2 Å². The van der Waals surface area contributed by atoms with E-state index < -0.39 is 0 Å². The lowest BCUT2D eigenvalue weighted by molar-refractivity contribution is 0.482. The van der Waals surface area contributed by atoms with E-state index >= 15 is 0 Å². The van der Waals surface area contributed by atoms with Gasteiger partial charge in [-0.25, -0.2) is 0 Å². The molecule has 2 nitrogen and oxygen atoms in total. The summed E-state index contributed by atoms with van der Waals surface area (Å²) in [4.78, 5) is 0. The fourth-order valence-electron chi connectivity index (χ4n) is 1.26. The van der Waals surface area contributed by atoms with E-state index in [-0.39, 0.29) is 0 Å². The average Bonchev–Trinajstić information content (AvgIpc) is 2.25. The summed E-state index contributed by atoms with van der Waals surface area (Å²) in [5.41, 5.74) is 6.52. The van der Waals surface area contributed by atoms with E-state index in [9.17, 15) is 0 Å². The Kier molecular flexibility index (Phi) is 3.70. The third kappa shape index (κ3) is 2.68. The van der Waals surface area contributed by atoms with Gasteiger partial charge in [-0.3, -0.25) is 0 Å². The summed E-state index contributed by atoms with van der Waals surface area (Å²) in [6.45, 7) is 0. The van der Waals surface area contributed by atoms with Gasteiger partial charge in [0.15, 0.2) is 0 Å². The second-order valence-electron chi connectivity index (χ2n) is 3.21. The first-order valence-corrected chi connectivity index (χ1v) is 6.51. The Hall–Kier alpha value is -0.750. The van der Waals surface area contributed by atoms with Crippen LogP contribution in [0.15, 0.2) is 46.9 Å². The molecule has 0 fully saturated rings. The summed E-state index contributed by atoms with van der Waals surface area (Å²) >= 11 is 5.64. The second-order valence-corrected chi connectivity index (χ2v) is 5.31. The van der Waals surface area contributed by atoms with Gasteiger partial charge in [0, 0.05) is 3.57 Å². The van der Waals surface area contributed by atoms with Gasteiger partial charge in [0.25, 0.3) is 0 Å². The monoisotopic (exact) mass is 389 g/mol. The summed E-state index contributed by atoms with van der Waals surface area (Å²) in [6, 6.07) is 13.4. The molecule has 0 radical (unpaired) electrons. The van der Waals surface area contributed by atoms with Crippen molar-refractivity contribution in [2.45, 2.75) is 0 Å². The summed E-state index contributed by atoms with van der Waals surface area (Å²) in [5, 5.41) is 0. The molecule has 0 atom stereocenters. The van der Waals surface area contributed by atoms with E-state index in [4.69, 9.17) is 10.5 Å². The molecule has 0 saturated heterocycles. The number of nitrogens with two attached hydrogens (primary N) is 1. The molecule has 2 aromatic rings. The predicted octanol–water partition coefficient (Wildman–Crippen LogP) is 4.43. The van der Waals surface area contributed by atoms with Crippen molar-refractivity contribution in [3.8, 4) is 11.5 Å². The van der Waals surface area contributed by atoms with Gasteiger partial charge in [0.2, 0.25) is 0 Å². The third-order valence-corrected chi connectivity index (χ3v) is 3.35. The molecule has 2 aromatic carbocycles. The topological polar surface area (TPSA) is 35.2 Å². The highest BCUT2D eigenvalue weighted by Crippen LogP contribution is 2.32. The quantitative estimate of drug-likeness (QED) is 0.609. The maximum atomic E-state index is 5.87. The molecule has 0 aromatic heterocycles. The lowest BCUT2D eigenvalue weighted by atomic mass is 10.3. The molecule has 2 rings (SSSR count). The van der Waals surface area contributed by atoms with Crippen LogP contribution in [0.2, 0.25) is 0 Å². The van der Waals surface area contributed by atoms with Crippen LogP contribution in [0.3, 0.4) is 0 Å². The number of halogens is 2. The van der Waals surface area contributed by atoms with Crippen LogP contribution >= 0.6 is 38.5 Å². The number of benzene rings is 2. The summed E-state index contributed by atoms with van der Waals surface area (Å²) < 4.78 is 7.72. The third-order valence-electron chi connectivity index (χ3n) is 2.03. The van der Waals surface area contributed by atoms with Crippen LogP contribution in [0.4, 0.5) is 5.69 Å². The molecule has 2 N–H and O–H groups in total. The fourth-order valence-corrected chi connectivity index (χ4v) is 2.14. The van der Waals surface area contributed by atoms with Crippen molar-refractivity contribution in [3.63, 3.8) is 0 Å². The zero-order valence-electron chi connectivity index (χ0n) is 8.28. The Morgan fingerprint density at radius 3 is 2.50 bits per heavy atom. The average molecular weight is 390 g/mol. The zero-order valence-corrected chi connectivity index (χ0v) is 12.0. The van der Waals surface area contributed by atoms with E-state index in [1.165, 1.54) is 0 Å². The van der Waals surface area contributed by atoms with Crippen LogP contribution in [0.5, 0.6) is 11.5 Å². The number of rotatable bonds is 2. The number of hydrogen-bond acceptors (Lipinski definition) is 2. The minimum atomic E-state index is 0.641. The van der Waals surface area contributed by atoms with Gasteiger partial charge >= 0.3 is 0 Å². The molecule has 0 unspecified atom stereocenters. The van der Waals surface area contributed by atoms with Crippen LogP contribution in [0.25, 0.3) is 0 Å². The first kappa shape index (κ1) is 11.7. The van der Waals surface area contributed by atoms with Gasteiger partial charge in [-0.1, -0.05) is 12.1 Å². The Balaban J connectivity index is 2.31. The highest BCUT2D eigenvalue weighted by atomic mass is 127. The first-order valence-electron chi connectivity index (χ1n) is 4.64. The molecular formula is C12H9BrINO. The Labute approximate surface area is 116 Å². The molecule has 0 aliphatic carbocycles. The number of para-hydroxylation sites is 1. The lowest BCUT2D eigenvalue weighted by Crippen LogP contribution is -1.92. The highest BCUT2D eigenvalue weighted by Gasteiger charge is 2.05. The number of anilines is 1. The van der Waals surface area contributed by atoms with Gasteiger partial charge in [-0.15, -0.1) is 0 Å². The molecule has 0 spiro atoms. The minimum absolute atomic E-state index is 0.641. The Morgan fingerprint density at radius 1 is 1.06 bits per heavy atom. The van der Waals surface area contributed by atoms with E-state index in [0.717, 1.165) is 13.8 Å². The first-order chi connectivity index (χ1) is 7.66. The van der Waals surface area contributed by atoms with Gasteiger partial charge in [0.05, 0.1) is 10.2 Å². The maximum Gasteiger partial charge on any atom is 0.150 e. The molecular weight excluding hydrogens is 381 g/mol. The zero-order chi connectivity index (χ0) is 11.5. The number of nitrogen functional groups attached to an aromatic ring is 1. The molecule has 0 saturated carbocycles. The molecule has 0 bridgehead atoms. The van der Waals surface area contributed by atoms with Crippen molar-refractivity contribution < 1.29 is 4.74 Å².